The van der Waals surface area contributed by atoms with Crippen LogP contribution in [-0.4, -0.2) is 35.0 Å². The molecule has 1 fully saturated rings. The molecule has 1 heterocycles. The number of hydrogen-bond acceptors (Lipinski definition) is 4. The van der Waals surface area contributed by atoms with E-state index in [1.165, 1.54) is 38.5 Å². The van der Waals surface area contributed by atoms with Crippen LogP contribution in [0.2, 0.25) is 0 Å². The minimum atomic E-state index is -0.127. The number of hydrogen-bond donors (Lipinski definition) is 2. The summed E-state index contributed by atoms with van der Waals surface area (Å²) in [6.45, 7) is 3.24. The van der Waals surface area contributed by atoms with Gasteiger partial charge >= 0.3 is 0 Å². The minimum Gasteiger partial charge on any atom is -0.349 e. The average molecular weight is 276 g/mol. The second kappa shape index (κ2) is 7.94. The zero-order valence-corrected chi connectivity index (χ0v) is 12.2. The highest BCUT2D eigenvalue weighted by molar-refractivity contribution is 5.92. The van der Waals surface area contributed by atoms with Crippen molar-refractivity contribution in [3.63, 3.8) is 0 Å². The van der Waals surface area contributed by atoms with E-state index in [0.29, 0.717) is 24.1 Å². The Hall–Kier alpha value is -1.49. The monoisotopic (exact) mass is 276 g/mol. The first-order chi connectivity index (χ1) is 9.75. The topological polar surface area (TPSA) is 66.9 Å². The molecule has 5 heteroatoms. The second-order valence-electron chi connectivity index (χ2n) is 5.39. The molecular weight excluding hydrogens is 252 g/mol. The lowest BCUT2D eigenvalue weighted by Crippen LogP contribution is -2.37. The largest absolute Gasteiger partial charge is 0.349 e. The van der Waals surface area contributed by atoms with Crippen LogP contribution in [0.4, 0.5) is 0 Å². The van der Waals surface area contributed by atoms with Gasteiger partial charge in [-0.05, 0) is 25.8 Å². The van der Waals surface area contributed by atoms with Crippen molar-refractivity contribution < 1.29 is 4.79 Å². The van der Waals surface area contributed by atoms with Crippen molar-refractivity contribution in [3.8, 4) is 0 Å². The van der Waals surface area contributed by atoms with Gasteiger partial charge in [0, 0.05) is 25.3 Å². The standard InChI is InChI=1S/C15H24N4O/c1-12-16-9-8-14(19-12)15(20)18-11-10-17-13-6-4-2-3-5-7-13/h8-9,13,17H,2-7,10-11H2,1H3,(H,18,20). The molecule has 0 aliphatic heterocycles. The van der Waals surface area contributed by atoms with Gasteiger partial charge < -0.3 is 10.6 Å². The van der Waals surface area contributed by atoms with Gasteiger partial charge in [-0.2, -0.15) is 0 Å². The fourth-order valence-electron chi connectivity index (χ4n) is 2.61. The fourth-order valence-corrected chi connectivity index (χ4v) is 2.61. The Morgan fingerprint density at radius 1 is 1.25 bits per heavy atom. The van der Waals surface area contributed by atoms with Crippen molar-refractivity contribution in [2.45, 2.75) is 51.5 Å². The maximum Gasteiger partial charge on any atom is 0.270 e. The molecule has 110 valence electrons. The lowest BCUT2D eigenvalue weighted by atomic mass is 10.1. The average Bonchev–Trinajstić information content (AvgIpc) is 2.72. The predicted octanol–water partition coefficient (Wildman–Crippen LogP) is 1.83. The molecule has 5 nitrogen and oxygen atoms in total. The van der Waals surface area contributed by atoms with Gasteiger partial charge in [0.25, 0.3) is 5.91 Å². The van der Waals surface area contributed by atoms with Crippen LogP contribution in [0, 0.1) is 6.92 Å². The molecule has 0 aromatic carbocycles. The summed E-state index contributed by atoms with van der Waals surface area (Å²) in [5.41, 5.74) is 0.437. The molecule has 1 saturated carbocycles. The lowest BCUT2D eigenvalue weighted by Gasteiger charge is -2.16. The van der Waals surface area contributed by atoms with E-state index in [1.54, 1.807) is 19.2 Å². The van der Waals surface area contributed by atoms with Crippen LogP contribution in [0.25, 0.3) is 0 Å². The summed E-state index contributed by atoms with van der Waals surface area (Å²) < 4.78 is 0. The zero-order chi connectivity index (χ0) is 14.2. The summed E-state index contributed by atoms with van der Waals surface area (Å²) in [4.78, 5) is 20.0. The van der Waals surface area contributed by atoms with Crippen LogP contribution < -0.4 is 10.6 Å². The van der Waals surface area contributed by atoms with Gasteiger partial charge in [0.15, 0.2) is 0 Å². The molecule has 2 rings (SSSR count). The molecular formula is C15H24N4O. The highest BCUT2D eigenvalue weighted by Crippen LogP contribution is 2.16. The molecule has 0 radical (unpaired) electrons. The Kier molecular flexibility index (Phi) is 5.92. The molecule has 0 unspecified atom stereocenters. The predicted molar refractivity (Wildman–Crippen MR) is 78.6 cm³/mol. The fraction of sp³-hybridized carbons (Fsp3) is 0.667. The highest BCUT2D eigenvalue weighted by atomic mass is 16.1. The first-order valence-electron chi connectivity index (χ1n) is 7.57. The third kappa shape index (κ3) is 4.89. The summed E-state index contributed by atoms with van der Waals surface area (Å²) in [5.74, 6) is 0.493. The van der Waals surface area contributed by atoms with Crippen LogP contribution in [0.1, 0.15) is 54.8 Å². The number of carbonyl (C=O) groups excluding carboxylic acids is 1. The van der Waals surface area contributed by atoms with Crippen molar-refractivity contribution in [2.24, 2.45) is 0 Å². The van der Waals surface area contributed by atoms with Gasteiger partial charge in [-0.15, -0.1) is 0 Å². The maximum atomic E-state index is 11.9. The Labute approximate surface area is 120 Å². The third-order valence-electron chi connectivity index (χ3n) is 3.71. The Morgan fingerprint density at radius 3 is 2.70 bits per heavy atom. The van der Waals surface area contributed by atoms with Crippen molar-refractivity contribution in [2.75, 3.05) is 13.1 Å². The number of nitrogens with one attached hydrogen (secondary N) is 2. The third-order valence-corrected chi connectivity index (χ3v) is 3.71. The first-order valence-corrected chi connectivity index (χ1v) is 7.57. The quantitative estimate of drug-likeness (QED) is 0.636. The number of nitrogens with zero attached hydrogens (tertiary/aromatic N) is 2. The Balaban J connectivity index is 1.66. The Morgan fingerprint density at radius 2 is 2.00 bits per heavy atom. The van der Waals surface area contributed by atoms with Crippen molar-refractivity contribution in [3.05, 3.63) is 23.8 Å². The summed E-state index contributed by atoms with van der Waals surface area (Å²) in [6.07, 6.45) is 9.51. The van der Waals surface area contributed by atoms with E-state index >= 15 is 0 Å². The molecule has 0 spiro atoms. The molecule has 2 N–H and O–H groups in total. The summed E-state index contributed by atoms with van der Waals surface area (Å²) in [5, 5.41) is 6.42. The molecule has 1 aromatic heterocycles. The normalized spacial score (nSPS) is 16.6. The van der Waals surface area contributed by atoms with Gasteiger partial charge in [0.1, 0.15) is 11.5 Å². The van der Waals surface area contributed by atoms with Crippen LogP contribution >= 0.6 is 0 Å². The molecule has 0 saturated heterocycles. The summed E-state index contributed by atoms with van der Waals surface area (Å²) >= 11 is 0. The van der Waals surface area contributed by atoms with E-state index in [0.717, 1.165) is 6.54 Å². The SMILES string of the molecule is Cc1nccc(C(=O)NCCNC2CCCCCC2)n1. The number of rotatable bonds is 5. The van der Waals surface area contributed by atoms with Crippen molar-refractivity contribution in [1.82, 2.24) is 20.6 Å². The lowest BCUT2D eigenvalue weighted by molar-refractivity contribution is 0.0948. The van der Waals surface area contributed by atoms with Gasteiger partial charge in [-0.25, -0.2) is 9.97 Å². The molecule has 1 aliphatic rings. The van der Waals surface area contributed by atoms with Crippen LogP contribution in [-0.2, 0) is 0 Å². The number of aromatic nitrogens is 2. The summed E-state index contributed by atoms with van der Waals surface area (Å²) in [7, 11) is 0. The van der Waals surface area contributed by atoms with E-state index < -0.39 is 0 Å². The number of aryl methyl sites for hydroxylation is 1. The highest BCUT2D eigenvalue weighted by Gasteiger charge is 2.11. The molecule has 1 aromatic rings. The van der Waals surface area contributed by atoms with Crippen LogP contribution in [0.5, 0.6) is 0 Å². The molecule has 1 aliphatic carbocycles. The van der Waals surface area contributed by atoms with Crippen LogP contribution in [0.15, 0.2) is 12.3 Å². The van der Waals surface area contributed by atoms with Gasteiger partial charge in [0.05, 0.1) is 0 Å². The molecule has 20 heavy (non-hydrogen) atoms. The maximum absolute atomic E-state index is 11.9. The first kappa shape index (κ1) is 14.9. The number of carbonyl (C=O) groups is 1. The molecule has 1 amide bonds. The van der Waals surface area contributed by atoms with E-state index in [-0.39, 0.29) is 5.91 Å². The van der Waals surface area contributed by atoms with E-state index in [4.69, 9.17) is 0 Å². The van der Waals surface area contributed by atoms with Crippen molar-refractivity contribution in [1.29, 1.82) is 0 Å². The molecule has 0 atom stereocenters. The summed E-state index contributed by atoms with van der Waals surface area (Å²) in [6, 6.07) is 2.26. The van der Waals surface area contributed by atoms with E-state index in [9.17, 15) is 4.79 Å². The van der Waals surface area contributed by atoms with Gasteiger partial charge in [0.2, 0.25) is 0 Å². The van der Waals surface area contributed by atoms with Crippen molar-refractivity contribution >= 4 is 5.91 Å². The zero-order valence-electron chi connectivity index (χ0n) is 12.2. The van der Waals surface area contributed by atoms with E-state index in [1.807, 2.05) is 0 Å². The second-order valence-corrected chi connectivity index (χ2v) is 5.39. The Bertz CT molecular complexity index is 428. The minimum absolute atomic E-state index is 0.127. The van der Waals surface area contributed by atoms with Gasteiger partial charge in [-0.3, -0.25) is 4.79 Å². The number of amides is 1. The smallest absolute Gasteiger partial charge is 0.270 e. The van der Waals surface area contributed by atoms with Gasteiger partial charge in [-0.1, -0.05) is 25.7 Å². The van der Waals surface area contributed by atoms with Crippen LogP contribution in [0.3, 0.4) is 0 Å². The van der Waals surface area contributed by atoms with E-state index in [2.05, 4.69) is 20.6 Å². The molecule has 0 bridgehead atoms.